The summed E-state index contributed by atoms with van der Waals surface area (Å²) in [7, 11) is 0. The zero-order chi connectivity index (χ0) is 32.2. The van der Waals surface area contributed by atoms with Crippen molar-refractivity contribution in [1.29, 1.82) is 0 Å². The maximum Gasteiger partial charge on any atom is 0.326 e. The SMILES string of the molecule is C[C@H]1CN2CC[C@@H]1n1c(nc3ccc(O)cc31)O[C@H]1C[C@@H](C(=O)O)N(C1)c1nc(nc3c1oc1ccccc13)CCOCCCC2=O. The standard InChI is InChI=1S/C34H36N6O7/c1-19-17-38-12-10-24(19)40-25-15-20(41)8-9-23(25)35-34(40)46-21-16-26(33(43)44)39(18-21)32-31-30(22-5-2-3-6-27(22)47-31)36-28(37-32)11-14-45-13-4-7-29(38)42/h2-3,5-6,8-9,15,19,21,24,26,41H,4,7,10-14,16-18H2,1H3,(H,43,44)/t19-,21-,24-,26-/m0/s1. The molecule has 1 amide bonds. The molecule has 13 heteroatoms. The van der Waals surface area contributed by atoms with Gasteiger partial charge in [-0.25, -0.2) is 14.8 Å². The van der Waals surface area contributed by atoms with Gasteiger partial charge in [0.1, 0.15) is 34.8 Å². The lowest BCUT2D eigenvalue weighted by Crippen LogP contribution is -2.43. The number of phenols is 1. The number of benzene rings is 2. The minimum atomic E-state index is -0.994. The van der Waals surface area contributed by atoms with Crippen molar-refractivity contribution in [2.75, 3.05) is 37.7 Å². The van der Waals surface area contributed by atoms with Crippen LogP contribution in [0.1, 0.15) is 44.5 Å². The molecule has 0 radical (unpaired) electrons. The Labute approximate surface area is 269 Å². The summed E-state index contributed by atoms with van der Waals surface area (Å²) in [5, 5.41) is 21.7. The molecule has 2 fully saturated rings. The molecule has 0 saturated carbocycles. The summed E-state index contributed by atoms with van der Waals surface area (Å²) in [4.78, 5) is 44.1. The Morgan fingerprint density at radius 3 is 2.77 bits per heavy atom. The Bertz CT molecular complexity index is 2010. The van der Waals surface area contributed by atoms with Gasteiger partial charge in [0.25, 0.3) is 6.01 Å². The lowest BCUT2D eigenvalue weighted by Gasteiger charge is -2.38. The smallest absolute Gasteiger partial charge is 0.326 e. The van der Waals surface area contributed by atoms with E-state index >= 15 is 0 Å². The molecule has 0 spiro atoms. The maximum atomic E-state index is 13.2. The molecule has 3 aromatic heterocycles. The molecule has 2 aromatic carbocycles. The topological polar surface area (TPSA) is 156 Å². The van der Waals surface area contributed by atoms with Crippen molar-refractivity contribution in [3.63, 3.8) is 0 Å². The highest BCUT2D eigenvalue weighted by molar-refractivity contribution is 6.06. The van der Waals surface area contributed by atoms with Crippen molar-refractivity contribution in [1.82, 2.24) is 24.4 Å². The van der Waals surface area contributed by atoms with E-state index in [1.165, 1.54) is 0 Å². The number of anilines is 1. The van der Waals surface area contributed by atoms with Gasteiger partial charge in [-0.05, 0) is 43.0 Å². The summed E-state index contributed by atoms with van der Waals surface area (Å²) in [6, 6.07) is 12.0. The molecule has 9 rings (SSSR count). The fraction of sp³-hybridized carbons (Fsp3) is 0.441. The molecule has 6 bridgehead atoms. The number of aliphatic carboxylic acids is 1. The number of furan rings is 1. The largest absolute Gasteiger partial charge is 0.508 e. The van der Waals surface area contributed by atoms with Crippen molar-refractivity contribution < 1.29 is 33.7 Å². The van der Waals surface area contributed by atoms with Crippen molar-refractivity contribution >= 4 is 50.8 Å². The molecule has 0 unspecified atom stereocenters. The lowest BCUT2D eigenvalue weighted by molar-refractivity contribution is -0.138. The van der Waals surface area contributed by atoms with E-state index in [9.17, 15) is 19.8 Å². The van der Waals surface area contributed by atoms with Gasteiger partial charge >= 0.3 is 5.97 Å². The fourth-order valence-electron chi connectivity index (χ4n) is 7.38. The number of imidazole rings is 1. The van der Waals surface area contributed by atoms with Crippen LogP contribution in [-0.4, -0.2) is 91.5 Å². The van der Waals surface area contributed by atoms with Crippen LogP contribution >= 0.6 is 0 Å². The number of carbonyl (C=O) groups is 2. The van der Waals surface area contributed by atoms with Crippen molar-refractivity contribution in [3.8, 4) is 11.8 Å². The Morgan fingerprint density at radius 2 is 1.91 bits per heavy atom. The van der Waals surface area contributed by atoms with E-state index < -0.39 is 18.1 Å². The predicted octanol–water partition coefficient (Wildman–Crippen LogP) is 4.30. The molecule has 4 aliphatic rings. The molecule has 4 atom stereocenters. The minimum absolute atomic E-state index is 0.0536. The van der Waals surface area contributed by atoms with Crippen molar-refractivity contribution in [2.45, 2.75) is 57.2 Å². The third kappa shape index (κ3) is 5.28. The number of carbonyl (C=O) groups excluding carboxylic acids is 1. The highest BCUT2D eigenvalue weighted by Crippen LogP contribution is 2.40. The summed E-state index contributed by atoms with van der Waals surface area (Å²) in [6.45, 7) is 4.30. The molecule has 244 valence electrons. The van der Waals surface area contributed by atoms with Crippen LogP contribution in [0.2, 0.25) is 0 Å². The average Bonchev–Trinajstić information content (AvgIpc) is 3.75. The number of aromatic hydroxyl groups is 1. The quantitative estimate of drug-likeness (QED) is 0.269. The third-order valence-corrected chi connectivity index (χ3v) is 9.67. The first-order valence-corrected chi connectivity index (χ1v) is 16.2. The number of para-hydroxylation sites is 1. The van der Waals surface area contributed by atoms with E-state index in [1.54, 1.807) is 23.1 Å². The van der Waals surface area contributed by atoms with Gasteiger partial charge in [-0.15, -0.1) is 0 Å². The summed E-state index contributed by atoms with van der Waals surface area (Å²) in [5.41, 5.74) is 3.06. The summed E-state index contributed by atoms with van der Waals surface area (Å²) < 4.78 is 20.8. The predicted molar refractivity (Wildman–Crippen MR) is 172 cm³/mol. The molecule has 5 aromatic rings. The van der Waals surface area contributed by atoms with Gasteiger partial charge in [0.15, 0.2) is 11.4 Å². The molecule has 4 aliphatic heterocycles. The number of carboxylic acids is 1. The minimum Gasteiger partial charge on any atom is -0.508 e. The summed E-state index contributed by atoms with van der Waals surface area (Å²) in [6.07, 6.45) is 1.74. The van der Waals surface area contributed by atoms with Crippen LogP contribution in [0, 0.1) is 5.92 Å². The van der Waals surface area contributed by atoms with Gasteiger partial charge in [0, 0.05) is 56.5 Å². The maximum absolute atomic E-state index is 13.2. The van der Waals surface area contributed by atoms with E-state index in [4.69, 9.17) is 28.8 Å². The van der Waals surface area contributed by atoms with Crippen LogP contribution in [0.5, 0.6) is 11.8 Å². The lowest BCUT2D eigenvalue weighted by atomic mass is 9.93. The second-order valence-corrected chi connectivity index (χ2v) is 12.8. The number of ether oxygens (including phenoxy) is 2. The fourth-order valence-corrected chi connectivity index (χ4v) is 7.38. The number of carboxylic acid groups (broad SMARTS) is 1. The number of nitrogens with zero attached hydrogens (tertiary/aromatic N) is 6. The average molecular weight is 641 g/mol. The molecular weight excluding hydrogens is 604 g/mol. The second-order valence-electron chi connectivity index (χ2n) is 12.8. The molecule has 7 heterocycles. The number of aromatic nitrogens is 4. The van der Waals surface area contributed by atoms with Gasteiger partial charge in [-0.2, -0.15) is 4.98 Å². The molecule has 2 saturated heterocycles. The zero-order valence-electron chi connectivity index (χ0n) is 26.0. The Hall–Kier alpha value is -4.91. The Balaban J connectivity index is 1.23. The Kier molecular flexibility index (Phi) is 7.35. The van der Waals surface area contributed by atoms with Crippen LogP contribution < -0.4 is 9.64 Å². The van der Waals surface area contributed by atoms with Gasteiger partial charge < -0.3 is 33.9 Å². The van der Waals surface area contributed by atoms with Crippen LogP contribution in [0.3, 0.4) is 0 Å². The molecule has 13 nitrogen and oxygen atoms in total. The molecule has 0 aliphatic carbocycles. The van der Waals surface area contributed by atoms with E-state index in [0.717, 1.165) is 10.9 Å². The van der Waals surface area contributed by atoms with E-state index in [0.29, 0.717) is 91.8 Å². The van der Waals surface area contributed by atoms with Crippen LogP contribution in [0.15, 0.2) is 46.9 Å². The highest BCUT2D eigenvalue weighted by atomic mass is 16.5. The van der Waals surface area contributed by atoms with E-state index in [1.807, 2.05) is 33.7 Å². The summed E-state index contributed by atoms with van der Waals surface area (Å²) >= 11 is 0. The van der Waals surface area contributed by atoms with Gasteiger partial charge in [0.05, 0.1) is 24.2 Å². The van der Waals surface area contributed by atoms with Crippen molar-refractivity contribution in [3.05, 3.63) is 48.3 Å². The van der Waals surface area contributed by atoms with Gasteiger partial charge in [-0.3, -0.25) is 9.36 Å². The molecular formula is C34H36N6O7. The number of piperidine rings is 1. The monoisotopic (exact) mass is 640 g/mol. The molecule has 2 N–H and O–H groups in total. The zero-order valence-corrected chi connectivity index (χ0v) is 26.0. The molecule has 47 heavy (non-hydrogen) atoms. The van der Waals surface area contributed by atoms with Crippen LogP contribution in [-0.2, 0) is 20.7 Å². The van der Waals surface area contributed by atoms with Crippen LogP contribution in [0.25, 0.3) is 33.1 Å². The van der Waals surface area contributed by atoms with Gasteiger partial charge in [-0.1, -0.05) is 19.1 Å². The van der Waals surface area contributed by atoms with Crippen LogP contribution in [0.4, 0.5) is 5.82 Å². The first kappa shape index (κ1) is 29.5. The number of fused-ring (bicyclic) bond motifs is 12. The highest BCUT2D eigenvalue weighted by Gasteiger charge is 2.42. The number of hydrogen-bond acceptors (Lipinski definition) is 10. The first-order chi connectivity index (χ1) is 22.8. The third-order valence-electron chi connectivity index (χ3n) is 9.67. The second kappa shape index (κ2) is 11.7. The Morgan fingerprint density at radius 1 is 1.04 bits per heavy atom. The number of hydrogen-bond donors (Lipinski definition) is 2. The number of rotatable bonds is 1. The normalized spacial score (nSPS) is 24.1. The van der Waals surface area contributed by atoms with E-state index in [-0.39, 0.29) is 36.6 Å². The summed E-state index contributed by atoms with van der Waals surface area (Å²) in [5.74, 6) is 0.210. The van der Waals surface area contributed by atoms with E-state index in [2.05, 4.69) is 6.92 Å². The van der Waals surface area contributed by atoms with Crippen molar-refractivity contribution in [2.24, 2.45) is 5.92 Å². The first-order valence-electron chi connectivity index (χ1n) is 16.2. The van der Waals surface area contributed by atoms with Gasteiger partial charge in [0.2, 0.25) is 5.91 Å². The number of amides is 1. The number of phenolic OH excluding ortho intramolecular Hbond substituents is 1.